The molecule has 0 amide bonds. The third-order valence-electron chi connectivity index (χ3n) is 3.43. The van der Waals surface area contributed by atoms with Crippen molar-refractivity contribution in [3.05, 3.63) is 59.3 Å². The Morgan fingerprint density at radius 1 is 1.35 bits per heavy atom. The number of rotatable bonds is 7. The molecule has 0 fully saturated rings. The molecule has 3 aromatic rings. The van der Waals surface area contributed by atoms with E-state index in [1.807, 2.05) is 0 Å². The van der Waals surface area contributed by atoms with Crippen LogP contribution in [0.4, 0.5) is 21.8 Å². The van der Waals surface area contributed by atoms with E-state index in [0.717, 1.165) is 5.56 Å². The Kier molecular flexibility index (Phi) is 5.65. The Hall–Kier alpha value is -2.71. The zero-order valence-corrected chi connectivity index (χ0v) is 14.8. The van der Waals surface area contributed by atoms with Crippen LogP contribution in [0.15, 0.2) is 42.9 Å². The standard InChI is InChI=1S/C17H18ClFN6O/c1-11(26)9-25-10-14(7-22-25)23-17-21-8-15(18)16(24-17)20-6-12-3-2-4-13(19)5-12/h2-5,7-8,10-11,26H,6,9H2,1H3,(H2,20,21,23,24). The van der Waals surface area contributed by atoms with E-state index in [-0.39, 0.29) is 5.82 Å². The van der Waals surface area contributed by atoms with Gasteiger partial charge in [0, 0.05) is 12.7 Å². The van der Waals surface area contributed by atoms with Gasteiger partial charge in [-0.15, -0.1) is 0 Å². The number of nitrogens with one attached hydrogen (secondary N) is 2. The number of halogens is 2. The highest BCUT2D eigenvalue weighted by Crippen LogP contribution is 2.22. The second-order valence-corrected chi connectivity index (χ2v) is 6.21. The third kappa shape index (κ3) is 4.90. The Balaban J connectivity index is 1.68. The molecule has 136 valence electrons. The van der Waals surface area contributed by atoms with E-state index in [9.17, 15) is 9.50 Å². The van der Waals surface area contributed by atoms with E-state index in [1.165, 1.54) is 18.3 Å². The number of benzene rings is 1. The zero-order chi connectivity index (χ0) is 18.5. The van der Waals surface area contributed by atoms with Gasteiger partial charge in [0.05, 0.1) is 30.7 Å². The molecular weight excluding hydrogens is 359 g/mol. The van der Waals surface area contributed by atoms with Crippen LogP contribution in [0.5, 0.6) is 0 Å². The van der Waals surface area contributed by atoms with Gasteiger partial charge in [0.25, 0.3) is 0 Å². The summed E-state index contributed by atoms with van der Waals surface area (Å²) in [5.41, 5.74) is 1.46. The van der Waals surface area contributed by atoms with E-state index >= 15 is 0 Å². The van der Waals surface area contributed by atoms with Gasteiger partial charge in [0.15, 0.2) is 5.82 Å². The summed E-state index contributed by atoms with van der Waals surface area (Å²) in [4.78, 5) is 8.46. The molecule has 0 saturated heterocycles. The highest BCUT2D eigenvalue weighted by molar-refractivity contribution is 6.32. The highest BCUT2D eigenvalue weighted by Gasteiger charge is 2.08. The molecule has 26 heavy (non-hydrogen) atoms. The molecule has 0 radical (unpaired) electrons. The smallest absolute Gasteiger partial charge is 0.229 e. The van der Waals surface area contributed by atoms with Gasteiger partial charge in [0.2, 0.25) is 5.95 Å². The monoisotopic (exact) mass is 376 g/mol. The molecule has 9 heteroatoms. The molecule has 0 aliphatic heterocycles. The summed E-state index contributed by atoms with van der Waals surface area (Å²) < 4.78 is 14.9. The second kappa shape index (κ2) is 8.11. The van der Waals surface area contributed by atoms with Crippen LogP contribution in [0.3, 0.4) is 0 Å². The molecule has 0 aliphatic rings. The van der Waals surface area contributed by atoms with Crippen molar-refractivity contribution in [3.63, 3.8) is 0 Å². The molecular formula is C17H18ClFN6O. The van der Waals surface area contributed by atoms with E-state index in [4.69, 9.17) is 11.6 Å². The predicted octanol–water partition coefficient (Wildman–Crippen LogP) is 3.20. The number of nitrogens with zero attached hydrogens (tertiary/aromatic N) is 4. The highest BCUT2D eigenvalue weighted by atomic mass is 35.5. The quantitative estimate of drug-likeness (QED) is 0.587. The topological polar surface area (TPSA) is 87.9 Å². The van der Waals surface area contributed by atoms with Crippen LogP contribution in [0, 0.1) is 5.82 Å². The Morgan fingerprint density at radius 2 is 2.19 bits per heavy atom. The lowest BCUT2D eigenvalue weighted by molar-refractivity contribution is 0.168. The van der Waals surface area contributed by atoms with Gasteiger partial charge in [0.1, 0.15) is 10.8 Å². The zero-order valence-electron chi connectivity index (χ0n) is 14.0. The van der Waals surface area contributed by atoms with Crippen molar-refractivity contribution in [1.29, 1.82) is 0 Å². The van der Waals surface area contributed by atoms with Crippen LogP contribution in [-0.4, -0.2) is 31.0 Å². The van der Waals surface area contributed by atoms with Gasteiger partial charge < -0.3 is 15.7 Å². The number of anilines is 3. The molecule has 1 atom stereocenters. The maximum Gasteiger partial charge on any atom is 0.229 e. The summed E-state index contributed by atoms with van der Waals surface area (Å²) >= 11 is 6.12. The third-order valence-corrected chi connectivity index (χ3v) is 3.71. The van der Waals surface area contributed by atoms with E-state index in [1.54, 1.807) is 36.1 Å². The SMILES string of the molecule is CC(O)Cn1cc(Nc2ncc(Cl)c(NCc3cccc(F)c3)n2)cn1. The number of aliphatic hydroxyl groups excluding tert-OH is 1. The summed E-state index contributed by atoms with van der Waals surface area (Å²) in [5.74, 6) is 0.479. The van der Waals surface area contributed by atoms with Crippen molar-refractivity contribution in [2.24, 2.45) is 0 Å². The first-order valence-corrected chi connectivity index (χ1v) is 8.36. The summed E-state index contributed by atoms with van der Waals surface area (Å²) in [7, 11) is 0. The van der Waals surface area contributed by atoms with Gasteiger partial charge in [-0.05, 0) is 24.6 Å². The molecule has 7 nitrogen and oxygen atoms in total. The van der Waals surface area contributed by atoms with E-state index in [2.05, 4.69) is 25.7 Å². The lowest BCUT2D eigenvalue weighted by Crippen LogP contribution is -2.11. The summed E-state index contributed by atoms with van der Waals surface area (Å²) in [6.45, 7) is 2.46. The summed E-state index contributed by atoms with van der Waals surface area (Å²) in [6, 6.07) is 6.28. The van der Waals surface area contributed by atoms with Crippen LogP contribution in [0.25, 0.3) is 0 Å². The number of hydrogen-bond acceptors (Lipinski definition) is 6. The number of aliphatic hydroxyl groups is 1. The average molecular weight is 377 g/mol. The molecule has 0 saturated carbocycles. The van der Waals surface area contributed by atoms with Crippen molar-refractivity contribution in [3.8, 4) is 0 Å². The van der Waals surface area contributed by atoms with Gasteiger partial charge >= 0.3 is 0 Å². The van der Waals surface area contributed by atoms with Gasteiger partial charge in [-0.3, -0.25) is 4.68 Å². The minimum Gasteiger partial charge on any atom is -0.391 e. The Morgan fingerprint density at radius 3 is 2.96 bits per heavy atom. The van der Waals surface area contributed by atoms with Crippen molar-refractivity contribution in [2.45, 2.75) is 26.1 Å². The second-order valence-electron chi connectivity index (χ2n) is 5.80. The Labute approximate surface area is 154 Å². The fourth-order valence-corrected chi connectivity index (χ4v) is 2.47. The van der Waals surface area contributed by atoms with Crippen LogP contribution >= 0.6 is 11.6 Å². The van der Waals surface area contributed by atoms with Crippen LogP contribution in [-0.2, 0) is 13.1 Å². The minimum absolute atomic E-state index is 0.297. The number of hydrogen-bond donors (Lipinski definition) is 3. The lowest BCUT2D eigenvalue weighted by Gasteiger charge is -2.09. The van der Waals surface area contributed by atoms with Gasteiger partial charge in [-0.1, -0.05) is 23.7 Å². The Bertz CT molecular complexity index is 885. The molecule has 0 aliphatic carbocycles. The molecule has 3 rings (SSSR count). The first-order chi connectivity index (χ1) is 12.5. The fraction of sp³-hybridized carbons (Fsp3) is 0.235. The summed E-state index contributed by atoms with van der Waals surface area (Å²) in [5, 5.41) is 20.0. The van der Waals surface area contributed by atoms with Gasteiger partial charge in [-0.25, -0.2) is 9.37 Å². The normalized spacial score (nSPS) is 12.0. The number of aromatic nitrogens is 4. The molecule has 3 N–H and O–H groups in total. The molecule has 2 heterocycles. The van der Waals surface area contributed by atoms with Crippen molar-refractivity contribution in [1.82, 2.24) is 19.7 Å². The van der Waals surface area contributed by atoms with Crippen molar-refractivity contribution < 1.29 is 9.50 Å². The predicted molar refractivity (Wildman–Crippen MR) is 98.0 cm³/mol. The fourth-order valence-electron chi connectivity index (χ4n) is 2.31. The average Bonchev–Trinajstić information content (AvgIpc) is 3.01. The first kappa shape index (κ1) is 18.1. The van der Waals surface area contributed by atoms with E-state index < -0.39 is 6.10 Å². The molecule has 1 aromatic carbocycles. The maximum atomic E-state index is 13.2. The first-order valence-electron chi connectivity index (χ1n) is 7.98. The largest absolute Gasteiger partial charge is 0.391 e. The molecule has 0 bridgehead atoms. The van der Waals surface area contributed by atoms with Crippen LogP contribution in [0.2, 0.25) is 5.02 Å². The van der Waals surface area contributed by atoms with E-state index in [0.29, 0.717) is 35.6 Å². The minimum atomic E-state index is -0.492. The summed E-state index contributed by atoms with van der Waals surface area (Å²) in [6.07, 6.45) is 4.34. The van der Waals surface area contributed by atoms with Crippen molar-refractivity contribution >= 4 is 29.1 Å². The maximum absolute atomic E-state index is 13.2. The van der Waals surface area contributed by atoms with Crippen molar-refractivity contribution in [2.75, 3.05) is 10.6 Å². The molecule has 1 unspecified atom stereocenters. The lowest BCUT2D eigenvalue weighted by atomic mass is 10.2. The molecule has 2 aromatic heterocycles. The van der Waals surface area contributed by atoms with Crippen LogP contribution in [0.1, 0.15) is 12.5 Å². The van der Waals surface area contributed by atoms with Gasteiger partial charge in [-0.2, -0.15) is 10.1 Å². The molecule has 0 spiro atoms. The van der Waals surface area contributed by atoms with Crippen LogP contribution < -0.4 is 10.6 Å².